The molecule has 12 aromatic rings. The molecule has 4 heterocycles. The fraction of sp³-hybridized carbons (Fsp3) is 0.271. The summed E-state index contributed by atoms with van der Waals surface area (Å²) in [5.74, 6) is 6.35. The predicted molar refractivity (Wildman–Crippen MR) is 421 cm³/mol. The Bertz CT molecular complexity index is 5020. The average molecular weight is 1580 g/mol. The van der Waals surface area contributed by atoms with Crippen LogP contribution >= 0.6 is 15.9 Å². The quantitative estimate of drug-likeness (QED) is 0.0304. The van der Waals surface area contributed by atoms with Gasteiger partial charge in [-0.1, -0.05) is 0 Å². The number of hydrogen-bond acceptors (Lipinski definition) is 24. The third-order valence-corrected chi connectivity index (χ3v) is 16.8. The standard InChI is InChI=1S/C21H18O5.C15H22O5.C11H12O3.C11H10O3.C9H9BrO2.2C9H10O3/c1-12-6-14-9-16(25-21(14)19(7-12)23-3)11-24-15-4-5-17-13(2)8-20(22)26-18(17)10-15;1-5-18-14(19-6-2)10-20-15-12(9-16)7-11(3)8-13(15)17-4;2*1-7-3-8-5-9(6-12)14-11(8)10(4-7)13-2;1-6-3-7(5-11)9(10)8(4-6)12-2;2*1-6-3-7(5-10)9(11)8(4-6)12-2/h4-10H,11H2,1-3H3;7-9,14H,5-6,10H2,1-4H3;3-5,12H,6H2,1-2H3;3-6H,1-2H3;3-5H,1-2H3;2*3-5,11H,1-2H3. The van der Waals surface area contributed by atoms with Crippen LogP contribution in [0.2, 0.25) is 0 Å². The maximum atomic E-state index is 11.5. The minimum atomic E-state index is -0.462. The zero-order valence-corrected chi connectivity index (χ0v) is 66.0. The van der Waals surface area contributed by atoms with E-state index in [-0.39, 0.29) is 48.1 Å². The van der Waals surface area contributed by atoms with E-state index in [0.29, 0.717) is 139 Å². The lowest BCUT2D eigenvalue weighted by Gasteiger charge is -2.19. The smallest absolute Gasteiger partial charge is 0.336 e. The minimum absolute atomic E-state index is 0.0864. The van der Waals surface area contributed by atoms with Gasteiger partial charge in [-0.05, 0) is 245 Å². The molecule has 0 saturated heterocycles. The second-order valence-corrected chi connectivity index (χ2v) is 25.2. The number of aliphatic hydroxyl groups is 1. The monoisotopic (exact) mass is 1570 g/mol. The molecule has 0 amide bonds. The van der Waals surface area contributed by atoms with Crippen molar-refractivity contribution in [2.45, 2.75) is 88.7 Å². The Kier molecular flexibility index (Phi) is 33.7. The largest absolute Gasteiger partial charge is 0.504 e. The van der Waals surface area contributed by atoms with Gasteiger partial charge in [-0.25, -0.2) is 4.79 Å². The number of methoxy groups -OCH3 is 7. The van der Waals surface area contributed by atoms with Crippen LogP contribution in [0.15, 0.2) is 154 Å². The first-order valence-corrected chi connectivity index (χ1v) is 34.9. The Morgan fingerprint density at radius 2 is 0.818 bits per heavy atom. The summed E-state index contributed by atoms with van der Waals surface area (Å²) < 4.78 is 80.6. The predicted octanol–water partition coefficient (Wildman–Crippen LogP) is 17.8. The molecular weight excluding hydrogens is 1480 g/mol. The molecule has 0 aliphatic rings. The van der Waals surface area contributed by atoms with E-state index in [2.05, 4.69) is 15.9 Å². The van der Waals surface area contributed by atoms with Crippen LogP contribution in [0.4, 0.5) is 0 Å². The van der Waals surface area contributed by atoms with Crippen molar-refractivity contribution >= 4 is 91.2 Å². The highest BCUT2D eigenvalue weighted by Gasteiger charge is 2.18. The first-order chi connectivity index (χ1) is 52.7. The third-order valence-electron chi connectivity index (χ3n) is 15.9. The van der Waals surface area contributed by atoms with E-state index in [4.69, 9.17) is 74.9 Å². The molecule has 0 bridgehead atoms. The lowest BCUT2D eigenvalue weighted by atomic mass is 10.1. The lowest BCUT2D eigenvalue weighted by Crippen LogP contribution is -2.25. The van der Waals surface area contributed by atoms with Crippen molar-refractivity contribution in [2.24, 2.45) is 0 Å². The zero-order valence-electron chi connectivity index (χ0n) is 64.4. The summed E-state index contributed by atoms with van der Waals surface area (Å²) in [5, 5.41) is 31.4. The molecule has 0 aliphatic heterocycles. The number of hydrogen-bond donors (Lipinski definition) is 3. The molecule has 4 aromatic heterocycles. The van der Waals surface area contributed by atoms with Gasteiger partial charge in [0.15, 0.2) is 112 Å². The van der Waals surface area contributed by atoms with Gasteiger partial charge in [0.25, 0.3) is 0 Å². The summed E-state index contributed by atoms with van der Waals surface area (Å²) in [6.45, 7) is 20.5. The summed E-state index contributed by atoms with van der Waals surface area (Å²) in [6.07, 6.45) is 2.99. The van der Waals surface area contributed by atoms with Crippen molar-refractivity contribution < 1.29 is 109 Å². The Morgan fingerprint density at radius 1 is 0.418 bits per heavy atom. The normalized spacial score (nSPS) is 10.4. The molecule has 24 nitrogen and oxygen atoms in total. The van der Waals surface area contributed by atoms with Gasteiger partial charge >= 0.3 is 5.63 Å². The topological polar surface area (TPSA) is 317 Å². The van der Waals surface area contributed by atoms with Gasteiger partial charge in [-0.3, -0.25) is 24.0 Å². The molecule has 0 atom stereocenters. The summed E-state index contributed by atoms with van der Waals surface area (Å²) in [5.41, 5.74) is 11.6. The fourth-order valence-electron chi connectivity index (χ4n) is 11.0. The third kappa shape index (κ3) is 23.8. The molecule has 0 fully saturated rings. The van der Waals surface area contributed by atoms with Gasteiger partial charge in [0.05, 0.1) is 70.9 Å². The first kappa shape index (κ1) is 87.0. The van der Waals surface area contributed by atoms with E-state index >= 15 is 0 Å². The molecular formula is C85H91BrO24. The van der Waals surface area contributed by atoms with Gasteiger partial charge in [-0.15, -0.1) is 0 Å². The molecule has 3 N–H and O–H groups in total. The number of carbonyl (C=O) groups is 5. The minimum Gasteiger partial charge on any atom is -0.504 e. The maximum absolute atomic E-state index is 11.5. The highest BCUT2D eigenvalue weighted by molar-refractivity contribution is 9.10. The van der Waals surface area contributed by atoms with E-state index in [9.17, 15) is 39.0 Å². The van der Waals surface area contributed by atoms with Crippen molar-refractivity contribution in [1.29, 1.82) is 0 Å². The van der Waals surface area contributed by atoms with Crippen LogP contribution in [-0.2, 0) is 22.7 Å². The Labute approximate surface area is 644 Å². The molecule has 12 rings (SSSR count). The van der Waals surface area contributed by atoms with Crippen molar-refractivity contribution in [2.75, 3.05) is 69.6 Å². The number of aryl methyl sites for hydroxylation is 8. The van der Waals surface area contributed by atoms with E-state index in [1.807, 2.05) is 142 Å². The molecule has 110 heavy (non-hydrogen) atoms. The van der Waals surface area contributed by atoms with Gasteiger partial charge in [0.2, 0.25) is 0 Å². The molecule has 0 radical (unpaired) electrons. The molecule has 582 valence electrons. The summed E-state index contributed by atoms with van der Waals surface area (Å²) >= 11 is 3.28. The second-order valence-electron chi connectivity index (χ2n) is 24.4. The van der Waals surface area contributed by atoms with Crippen molar-refractivity contribution in [3.8, 4) is 63.2 Å². The average Bonchev–Trinajstić information content (AvgIpc) is 1.66. The van der Waals surface area contributed by atoms with Gasteiger partial charge < -0.3 is 85.1 Å². The molecule has 25 heteroatoms. The second kappa shape index (κ2) is 42.6. The van der Waals surface area contributed by atoms with E-state index in [1.54, 1.807) is 84.1 Å². The SMILES string of the molecule is CCOC(COc1c(C=O)cc(C)cc1OC)OCC.COc1cc(C)cc(C=O)c1Br.COc1cc(C)cc(C=O)c1O.COc1cc(C)cc(C=O)c1O.COc1cc(C)cc2cc(C=O)oc12.COc1cc(C)cc2cc(CO)oc12.COc1cc(C)cc2cc(COc3ccc4c(C)cc(=O)oc4c3)oc12. The van der Waals surface area contributed by atoms with Gasteiger partial charge in [0.1, 0.15) is 48.4 Å². The van der Waals surface area contributed by atoms with Crippen LogP contribution in [0.3, 0.4) is 0 Å². The first-order valence-electron chi connectivity index (χ1n) is 34.1. The Hall–Kier alpha value is -11.9. The van der Waals surface area contributed by atoms with E-state index < -0.39 is 6.29 Å². The molecule has 0 unspecified atom stereocenters. The Balaban J connectivity index is 0.000000205. The van der Waals surface area contributed by atoms with Crippen molar-refractivity contribution in [3.63, 3.8) is 0 Å². The van der Waals surface area contributed by atoms with Crippen LogP contribution in [-0.4, -0.2) is 123 Å². The van der Waals surface area contributed by atoms with Crippen molar-refractivity contribution in [3.05, 3.63) is 226 Å². The van der Waals surface area contributed by atoms with Gasteiger partial charge in [0, 0.05) is 52.5 Å². The summed E-state index contributed by atoms with van der Waals surface area (Å²) in [6, 6.07) is 37.9. The Morgan fingerprint density at radius 3 is 1.26 bits per heavy atom. The molecule has 0 aliphatic carbocycles. The molecule has 8 aromatic carbocycles. The van der Waals surface area contributed by atoms with Gasteiger partial charge in [-0.2, -0.15) is 0 Å². The summed E-state index contributed by atoms with van der Waals surface area (Å²) in [7, 11) is 10.8. The number of benzene rings is 8. The number of aldehydes is 5. The molecule has 0 saturated carbocycles. The van der Waals surface area contributed by atoms with Crippen LogP contribution in [0.1, 0.15) is 122 Å². The van der Waals surface area contributed by atoms with Crippen LogP contribution < -0.4 is 48.3 Å². The van der Waals surface area contributed by atoms with E-state index in [0.717, 1.165) is 78.6 Å². The number of fused-ring (bicyclic) bond motifs is 4. The van der Waals surface area contributed by atoms with E-state index in [1.165, 1.54) is 20.3 Å². The number of phenols is 2. The number of aromatic hydroxyl groups is 2. The number of halogens is 1. The highest BCUT2D eigenvalue weighted by atomic mass is 79.9. The number of furan rings is 3. The number of rotatable bonds is 23. The summed E-state index contributed by atoms with van der Waals surface area (Å²) in [4.78, 5) is 64.6. The van der Waals surface area contributed by atoms with Crippen LogP contribution in [0.25, 0.3) is 43.9 Å². The zero-order chi connectivity index (χ0) is 80.9. The maximum Gasteiger partial charge on any atom is 0.336 e. The lowest BCUT2D eigenvalue weighted by molar-refractivity contribution is -0.152. The van der Waals surface area contributed by atoms with Crippen molar-refractivity contribution in [1.82, 2.24) is 0 Å². The number of ether oxygens (including phenoxy) is 11. The number of phenolic OH excluding ortho intramolecular Hbond substituents is 2. The molecule has 0 spiro atoms. The number of carbonyl (C=O) groups excluding carboxylic acids is 5. The highest BCUT2D eigenvalue weighted by Crippen LogP contribution is 2.37. The number of aliphatic hydroxyl groups excluding tert-OH is 1. The van der Waals surface area contributed by atoms with Crippen LogP contribution in [0, 0.1) is 55.4 Å². The van der Waals surface area contributed by atoms with Crippen LogP contribution in [0.5, 0.6) is 63.2 Å². The fourth-order valence-corrected chi connectivity index (χ4v) is 11.5.